The Kier molecular flexibility index (Phi) is 2.62. The molecule has 0 aromatic carbocycles. The molecular weight excluding hydrogens is 256 g/mol. The molecule has 4 heteroatoms. The van der Waals surface area contributed by atoms with E-state index in [1.54, 1.807) is 0 Å². The molecule has 112 valence electrons. The fourth-order valence-electron chi connectivity index (χ4n) is 6.07. The molecule has 0 spiro atoms. The summed E-state index contributed by atoms with van der Waals surface area (Å²) < 4.78 is 0. The number of carboxylic acids is 2. The van der Waals surface area contributed by atoms with Gasteiger partial charge in [0.1, 0.15) is 0 Å². The number of hydrogen-bond donors (Lipinski definition) is 2. The Bertz CT molecular complexity index is 467. The van der Waals surface area contributed by atoms with Gasteiger partial charge in [-0.15, -0.1) is 0 Å². The molecular formula is C16H24O4. The largest absolute Gasteiger partial charge is 0.480 e. The van der Waals surface area contributed by atoms with Crippen molar-refractivity contribution in [2.45, 2.75) is 52.9 Å². The van der Waals surface area contributed by atoms with Crippen LogP contribution in [-0.2, 0) is 9.59 Å². The molecule has 3 aliphatic carbocycles. The zero-order chi connectivity index (χ0) is 14.9. The predicted molar refractivity (Wildman–Crippen MR) is 73.1 cm³/mol. The normalized spacial score (nSPS) is 44.0. The van der Waals surface area contributed by atoms with E-state index in [0.717, 1.165) is 25.7 Å². The van der Waals surface area contributed by atoms with Gasteiger partial charge in [-0.05, 0) is 55.3 Å². The van der Waals surface area contributed by atoms with Crippen LogP contribution in [0.1, 0.15) is 52.9 Å². The van der Waals surface area contributed by atoms with E-state index in [0.29, 0.717) is 12.3 Å². The standard InChI is InChI=1S/C16H24O4/c1-14(2)7-9-6-10-4-5-16(12(17)18,13(19)20)15(10,3)11(9)8-14/h9-11H,4-8H2,1-3H3,(H,17,18)(H,19,20)/t9-,10+,11+,15+/m1/s1. The number of hydrogen-bond acceptors (Lipinski definition) is 2. The summed E-state index contributed by atoms with van der Waals surface area (Å²) >= 11 is 0. The van der Waals surface area contributed by atoms with Crippen LogP contribution in [0, 0.1) is 34.0 Å². The first-order valence-corrected chi connectivity index (χ1v) is 7.62. The highest BCUT2D eigenvalue weighted by molar-refractivity contribution is 6.00. The van der Waals surface area contributed by atoms with Crippen molar-refractivity contribution >= 4 is 11.9 Å². The SMILES string of the molecule is CC1(C)C[C@H]2C[C@@H]3CCC(C(=O)O)(C(=O)O)[C@]3(C)[C@H]2C1. The van der Waals surface area contributed by atoms with E-state index in [9.17, 15) is 19.8 Å². The van der Waals surface area contributed by atoms with E-state index in [-0.39, 0.29) is 17.3 Å². The Labute approximate surface area is 119 Å². The Morgan fingerprint density at radius 2 is 1.65 bits per heavy atom. The second-order valence-corrected chi connectivity index (χ2v) is 8.21. The molecule has 3 aliphatic rings. The van der Waals surface area contributed by atoms with Gasteiger partial charge in [0, 0.05) is 5.41 Å². The lowest BCUT2D eigenvalue weighted by Crippen LogP contribution is -2.52. The zero-order valence-corrected chi connectivity index (χ0v) is 12.5. The minimum atomic E-state index is -1.57. The van der Waals surface area contributed by atoms with Crippen LogP contribution in [0.15, 0.2) is 0 Å². The van der Waals surface area contributed by atoms with Crippen molar-refractivity contribution in [3.63, 3.8) is 0 Å². The first kappa shape index (κ1) is 13.9. The first-order valence-electron chi connectivity index (χ1n) is 7.62. The van der Waals surface area contributed by atoms with Crippen molar-refractivity contribution in [1.82, 2.24) is 0 Å². The highest BCUT2D eigenvalue weighted by Crippen LogP contribution is 2.73. The molecule has 0 aliphatic heterocycles. The van der Waals surface area contributed by atoms with Gasteiger partial charge in [-0.1, -0.05) is 20.8 Å². The molecule has 0 unspecified atom stereocenters. The Hall–Kier alpha value is -1.06. The maximum Gasteiger partial charge on any atom is 0.321 e. The molecule has 0 saturated heterocycles. The number of fused-ring (bicyclic) bond motifs is 3. The van der Waals surface area contributed by atoms with Gasteiger partial charge in [0.2, 0.25) is 0 Å². The summed E-state index contributed by atoms with van der Waals surface area (Å²) in [7, 11) is 0. The van der Waals surface area contributed by atoms with Gasteiger partial charge in [-0.25, -0.2) is 0 Å². The lowest BCUT2D eigenvalue weighted by atomic mass is 9.58. The number of carboxylic acid groups (broad SMARTS) is 2. The van der Waals surface area contributed by atoms with Gasteiger partial charge >= 0.3 is 11.9 Å². The number of carbonyl (C=O) groups is 2. The fraction of sp³-hybridized carbons (Fsp3) is 0.875. The van der Waals surface area contributed by atoms with Gasteiger partial charge in [-0.3, -0.25) is 9.59 Å². The van der Waals surface area contributed by atoms with Crippen molar-refractivity contribution in [3.8, 4) is 0 Å². The minimum absolute atomic E-state index is 0.217. The molecule has 0 aromatic rings. The molecule has 3 fully saturated rings. The minimum Gasteiger partial charge on any atom is -0.480 e. The summed E-state index contributed by atoms with van der Waals surface area (Å²) in [4.78, 5) is 23.8. The van der Waals surface area contributed by atoms with Crippen molar-refractivity contribution in [2.75, 3.05) is 0 Å². The monoisotopic (exact) mass is 280 g/mol. The quantitative estimate of drug-likeness (QED) is 0.762. The summed E-state index contributed by atoms with van der Waals surface area (Å²) in [6.45, 7) is 6.41. The third-order valence-corrected chi connectivity index (χ3v) is 6.88. The Morgan fingerprint density at radius 3 is 2.20 bits per heavy atom. The molecule has 0 bridgehead atoms. The van der Waals surface area contributed by atoms with Crippen molar-refractivity contribution in [3.05, 3.63) is 0 Å². The second kappa shape index (κ2) is 3.77. The maximum absolute atomic E-state index is 11.9. The van der Waals surface area contributed by atoms with Gasteiger partial charge in [-0.2, -0.15) is 0 Å². The Balaban J connectivity index is 2.09. The van der Waals surface area contributed by atoms with Crippen LogP contribution in [0.25, 0.3) is 0 Å². The van der Waals surface area contributed by atoms with E-state index in [1.165, 1.54) is 0 Å². The highest BCUT2D eigenvalue weighted by Gasteiger charge is 2.73. The topological polar surface area (TPSA) is 74.6 Å². The highest BCUT2D eigenvalue weighted by atomic mass is 16.4. The molecule has 0 aromatic heterocycles. The molecule has 20 heavy (non-hydrogen) atoms. The molecule has 4 nitrogen and oxygen atoms in total. The van der Waals surface area contributed by atoms with Crippen LogP contribution in [-0.4, -0.2) is 22.2 Å². The van der Waals surface area contributed by atoms with Gasteiger partial charge in [0.05, 0.1) is 0 Å². The van der Waals surface area contributed by atoms with E-state index in [1.807, 2.05) is 6.92 Å². The van der Waals surface area contributed by atoms with Crippen LogP contribution in [0.3, 0.4) is 0 Å². The number of aliphatic carboxylic acids is 2. The van der Waals surface area contributed by atoms with Crippen molar-refractivity contribution in [2.24, 2.45) is 34.0 Å². The van der Waals surface area contributed by atoms with Gasteiger partial charge < -0.3 is 10.2 Å². The van der Waals surface area contributed by atoms with E-state index in [2.05, 4.69) is 13.8 Å². The fourth-order valence-corrected chi connectivity index (χ4v) is 6.07. The van der Waals surface area contributed by atoms with E-state index < -0.39 is 22.8 Å². The summed E-state index contributed by atoms with van der Waals surface area (Å²) in [6, 6.07) is 0. The van der Waals surface area contributed by atoms with Crippen LogP contribution >= 0.6 is 0 Å². The smallest absolute Gasteiger partial charge is 0.321 e. The van der Waals surface area contributed by atoms with Gasteiger partial charge in [0.15, 0.2) is 5.41 Å². The predicted octanol–water partition coefficient (Wildman–Crippen LogP) is 3.01. The molecule has 4 atom stereocenters. The zero-order valence-electron chi connectivity index (χ0n) is 12.5. The lowest BCUT2D eigenvalue weighted by Gasteiger charge is -2.42. The average molecular weight is 280 g/mol. The summed E-state index contributed by atoms with van der Waals surface area (Å²) in [5.74, 6) is -1.22. The molecule has 3 rings (SSSR count). The van der Waals surface area contributed by atoms with E-state index in [4.69, 9.17) is 0 Å². The third kappa shape index (κ3) is 1.38. The molecule has 0 amide bonds. The van der Waals surface area contributed by atoms with Gasteiger partial charge in [0.25, 0.3) is 0 Å². The lowest BCUT2D eigenvalue weighted by molar-refractivity contribution is -0.176. The second-order valence-electron chi connectivity index (χ2n) is 8.21. The van der Waals surface area contributed by atoms with Crippen LogP contribution < -0.4 is 0 Å². The maximum atomic E-state index is 11.9. The summed E-state index contributed by atoms with van der Waals surface area (Å²) in [5, 5.41) is 19.4. The van der Waals surface area contributed by atoms with Crippen LogP contribution in [0.2, 0.25) is 0 Å². The van der Waals surface area contributed by atoms with Crippen LogP contribution in [0.5, 0.6) is 0 Å². The molecule has 2 N–H and O–H groups in total. The molecule has 0 radical (unpaired) electrons. The third-order valence-electron chi connectivity index (χ3n) is 6.88. The van der Waals surface area contributed by atoms with Crippen molar-refractivity contribution in [1.29, 1.82) is 0 Å². The van der Waals surface area contributed by atoms with Crippen molar-refractivity contribution < 1.29 is 19.8 Å². The summed E-state index contributed by atoms with van der Waals surface area (Å²) in [6.07, 6.45) is 4.14. The average Bonchev–Trinajstić information content (AvgIpc) is 2.83. The van der Waals surface area contributed by atoms with Crippen LogP contribution in [0.4, 0.5) is 0 Å². The number of rotatable bonds is 2. The van der Waals surface area contributed by atoms with E-state index >= 15 is 0 Å². The molecule has 3 saturated carbocycles. The first-order chi connectivity index (χ1) is 9.15. The Morgan fingerprint density at radius 1 is 1.05 bits per heavy atom. The summed E-state index contributed by atoms with van der Waals surface area (Å²) in [5.41, 5.74) is -1.94. The molecule has 0 heterocycles.